The number of carbonyl (C=O) groups excluding carboxylic acids is 1. The first-order valence-electron chi connectivity index (χ1n) is 9.89. The van der Waals surface area contributed by atoms with Crippen LogP contribution in [0.15, 0.2) is 57.6 Å². The Morgan fingerprint density at radius 2 is 2.00 bits per heavy atom. The lowest BCUT2D eigenvalue weighted by atomic mass is 10.3. The first-order valence-corrected chi connectivity index (χ1v) is 11.8. The van der Waals surface area contributed by atoms with Crippen molar-refractivity contribution < 1.29 is 18.3 Å². The largest absolute Gasteiger partial charge is 0.461 e. The van der Waals surface area contributed by atoms with Gasteiger partial charge in [-0.05, 0) is 24.3 Å². The number of rotatable bonds is 6. The SMILES string of the molecule is O=C(c1csc(CSc2nnc(-c3ccco3)n2-c2ccccc2F)n1)N1CCOCC1. The van der Waals surface area contributed by atoms with Crippen LogP contribution >= 0.6 is 23.1 Å². The molecule has 1 aliphatic heterocycles. The predicted octanol–water partition coefficient (Wildman–Crippen LogP) is 3.89. The zero-order valence-electron chi connectivity index (χ0n) is 16.8. The Labute approximate surface area is 191 Å². The summed E-state index contributed by atoms with van der Waals surface area (Å²) in [6.07, 6.45) is 1.53. The van der Waals surface area contributed by atoms with E-state index in [4.69, 9.17) is 9.15 Å². The lowest BCUT2D eigenvalue weighted by Gasteiger charge is -2.25. The first-order chi connectivity index (χ1) is 15.7. The van der Waals surface area contributed by atoms with Crippen LogP contribution in [0.25, 0.3) is 17.3 Å². The summed E-state index contributed by atoms with van der Waals surface area (Å²) in [5.74, 6) is 0.876. The van der Waals surface area contributed by atoms with Crippen LogP contribution in [0.5, 0.6) is 0 Å². The van der Waals surface area contributed by atoms with Crippen molar-refractivity contribution in [3.8, 4) is 17.3 Å². The Morgan fingerprint density at radius 1 is 1.16 bits per heavy atom. The summed E-state index contributed by atoms with van der Waals surface area (Å²) in [5.41, 5.74) is 0.757. The van der Waals surface area contributed by atoms with E-state index in [1.165, 1.54) is 35.4 Å². The molecule has 1 aliphatic rings. The Hall–Kier alpha value is -3.02. The number of halogens is 1. The summed E-state index contributed by atoms with van der Waals surface area (Å²) < 4.78 is 27.0. The maximum atomic E-state index is 14.6. The molecule has 0 saturated carbocycles. The molecule has 1 aromatic carbocycles. The van der Waals surface area contributed by atoms with E-state index in [0.29, 0.717) is 60.2 Å². The average molecular weight is 472 g/mol. The van der Waals surface area contributed by atoms with Crippen molar-refractivity contribution in [3.05, 3.63) is 64.6 Å². The number of benzene rings is 1. The van der Waals surface area contributed by atoms with E-state index in [1.54, 1.807) is 45.2 Å². The van der Waals surface area contributed by atoms with Gasteiger partial charge in [0.2, 0.25) is 5.82 Å². The molecule has 0 N–H and O–H groups in total. The molecule has 32 heavy (non-hydrogen) atoms. The van der Waals surface area contributed by atoms with Crippen molar-refractivity contribution in [2.24, 2.45) is 0 Å². The van der Waals surface area contributed by atoms with Crippen molar-refractivity contribution in [1.29, 1.82) is 0 Å². The van der Waals surface area contributed by atoms with Gasteiger partial charge >= 0.3 is 0 Å². The van der Waals surface area contributed by atoms with E-state index in [9.17, 15) is 9.18 Å². The van der Waals surface area contributed by atoms with Gasteiger partial charge in [-0.1, -0.05) is 23.9 Å². The van der Waals surface area contributed by atoms with Gasteiger partial charge in [0.05, 0.1) is 30.9 Å². The maximum absolute atomic E-state index is 14.6. The van der Waals surface area contributed by atoms with Gasteiger partial charge in [0.25, 0.3) is 5.91 Å². The summed E-state index contributed by atoms with van der Waals surface area (Å²) >= 11 is 2.78. The van der Waals surface area contributed by atoms with Crippen LogP contribution in [0.2, 0.25) is 0 Å². The number of furan rings is 1. The summed E-state index contributed by atoms with van der Waals surface area (Å²) in [5, 5.41) is 11.5. The molecular weight excluding hydrogens is 453 g/mol. The molecule has 0 atom stereocenters. The quantitative estimate of drug-likeness (QED) is 0.394. The molecule has 5 rings (SSSR count). The highest BCUT2D eigenvalue weighted by Crippen LogP contribution is 2.31. The van der Waals surface area contributed by atoms with Gasteiger partial charge in [-0.2, -0.15) is 0 Å². The van der Waals surface area contributed by atoms with Crippen LogP contribution in [0, 0.1) is 5.82 Å². The molecule has 4 heterocycles. The number of morpholine rings is 1. The molecule has 0 bridgehead atoms. The smallest absolute Gasteiger partial charge is 0.273 e. The van der Waals surface area contributed by atoms with Gasteiger partial charge in [0, 0.05) is 18.5 Å². The second-order valence-electron chi connectivity index (χ2n) is 6.89. The van der Waals surface area contributed by atoms with Crippen molar-refractivity contribution in [1.82, 2.24) is 24.6 Å². The van der Waals surface area contributed by atoms with Gasteiger partial charge in [-0.25, -0.2) is 9.37 Å². The fraction of sp³-hybridized carbons (Fsp3) is 0.238. The summed E-state index contributed by atoms with van der Waals surface area (Å²) in [6.45, 7) is 2.23. The topological polar surface area (TPSA) is 86.3 Å². The highest BCUT2D eigenvalue weighted by Gasteiger charge is 2.23. The van der Waals surface area contributed by atoms with E-state index in [0.717, 1.165) is 5.01 Å². The summed E-state index contributed by atoms with van der Waals surface area (Å²) in [4.78, 5) is 18.9. The van der Waals surface area contributed by atoms with Gasteiger partial charge in [-0.15, -0.1) is 21.5 Å². The normalized spacial score (nSPS) is 14.1. The Bertz CT molecular complexity index is 1220. The molecule has 0 aliphatic carbocycles. The molecule has 0 spiro atoms. The molecule has 0 radical (unpaired) electrons. The standard InChI is InChI=1S/C21H18FN5O3S2/c22-14-4-1-2-5-16(14)27-19(17-6-3-9-30-17)24-25-21(27)32-13-18-23-15(12-31-18)20(28)26-7-10-29-11-8-26/h1-6,9,12H,7-8,10-11,13H2. The zero-order valence-corrected chi connectivity index (χ0v) is 18.4. The Balaban J connectivity index is 1.38. The number of ether oxygens (including phenoxy) is 1. The molecular formula is C21H18FN5O3S2. The van der Waals surface area contributed by atoms with Crippen LogP contribution in [-0.4, -0.2) is 56.9 Å². The number of carbonyl (C=O) groups is 1. The zero-order chi connectivity index (χ0) is 21.9. The molecule has 1 fully saturated rings. The van der Waals surface area contributed by atoms with E-state index in [2.05, 4.69) is 15.2 Å². The molecule has 1 saturated heterocycles. The molecule has 164 valence electrons. The summed E-state index contributed by atoms with van der Waals surface area (Å²) in [6, 6.07) is 9.93. The first kappa shape index (κ1) is 20.9. The Kier molecular flexibility index (Phi) is 6.02. The van der Waals surface area contributed by atoms with Gasteiger partial charge in [0.15, 0.2) is 10.9 Å². The number of hydrogen-bond donors (Lipinski definition) is 0. The van der Waals surface area contributed by atoms with Crippen LogP contribution in [0.4, 0.5) is 4.39 Å². The molecule has 0 unspecified atom stereocenters. The number of thiazole rings is 1. The van der Waals surface area contributed by atoms with Crippen molar-refractivity contribution in [3.63, 3.8) is 0 Å². The van der Waals surface area contributed by atoms with Crippen molar-refractivity contribution in [2.75, 3.05) is 26.3 Å². The van der Waals surface area contributed by atoms with Crippen LogP contribution in [0.1, 0.15) is 15.5 Å². The highest BCUT2D eigenvalue weighted by molar-refractivity contribution is 7.98. The van der Waals surface area contributed by atoms with Gasteiger partial charge < -0.3 is 14.1 Å². The minimum Gasteiger partial charge on any atom is -0.461 e. The second-order valence-corrected chi connectivity index (χ2v) is 8.78. The van der Waals surface area contributed by atoms with Crippen LogP contribution in [0.3, 0.4) is 0 Å². The predicted molar refractivity (Wildman–Crippen MR) is 117 cm³/mol. The molecule has 8 nitrogen and oxygen atoms in total. The third-order valence-electron chi connectivity index (χ3n) is 4.86. The van der Waals surface area contributed by atoms with Crippen molar-refractivity contribution in [2.45, 2.75) is 10.9 Å². The fourth-order valence-corrected chi connectivity index (χ4v) is 5.04. The van der Waals surface area contributed by atoms with Crippen molar-refractivity contribution >= 4 is 29.0 Å². The average Bonchev–Trinajstić information content (AvgIpc) is 3.59. The van der Waals surface area contributed by atoms with E-state index >= 15 is 0 Å². The molecule has 11 heteroatoms. The highest BCUT2D eigenvalue weighted by atomic mass is 32.2. The minimum atomic E-state index is -0.394. The van der Waals surface area contributed by atoms with Crippen LogP contribution < -0.4 is 0 Å². The van der Waals surface area contributed by atoms with E-state index < -0.39 is 5.82 Å². The molecule has 1 amide bonds. The molecule has 3 aromatic heterocycles. The van der Waals surface area contributed by atoms with E-state index in [-0.39, 0.29) is 5.91 Å². The van der Waals surface area contributed by atoms with E-state index in [1.807, 2.05) is 0 Å². The number of aromatic nitrogens is 4. The minimum absolute atomic E-state index is 0.0876. The number of thioether (sulfide) groups is 1. The number of hydrogen-bond acceptors (Lipinski definition) is 8. The number of amides is 1. The monoisotopic (exact) mass is 471 g/mol. The lowest BCUT2D eigenvalue weighted by Crippen LogP contribution is -2.40. The number of nitrogens with zero attached hydrogens (tertiary/aromatic N) is 5. The fourth-order valence-electron chi connectivity index (χ4n) is 3.31. The Morgan fingerprint density at radius 3 is 2.78 bits per heavy atom. The van der Waals surface area contributed by atoms with Gasteiger partial charge in [0.1, 0.15) is 16.5 Å². The molecule has 4 aromatic rings. The van der Waals surface area contributed by atoms with Crippen LogP contribution in [-0.2, 0) is 10.5 Å². The third-order valence-corrected chi connectivity index (χ3v) is 6.83. The summed E-state index contributed by atoms with van der Waals surface area (Å²) in [7, 11) is 0. The maximum Gasteiger partial charge on any atom is 0.273 e. The third kappa shape index (κ3) is 4.18. The second kappa shape index (κ2) is 9.23. The lowest BCUT2D eigenvalue weighted by molar-refractivity contribution is 0.0299. The number of para-hydroxylation sites is 1. The van der Waals surface area contributed by atoms with Gasteiger partial charge in [-0.3, -0.25) is 9.36 Å².